The highest BCUT2D eigenvalue weighted by Gasteiger charge is 2.72. The first kappa shape index (κ1) is 10.6. The molecule has 2 unspecified atom stereocenters. The number of rotatable bonds is 2. The summed E-state index contributed by atoms with van der Waals surface area (Å²) in [5, 5.41) is -3.28. The number of esters is 1. The highest BCUT2D eigenvalue weighted by atomic mass is 35.5. The summed E-state index contributed by atoms with van der Waals surface area (Å²) >= 11 is 4.88. The minimum atomic E-state index is -3.63. The molecule has 13 heavy (non-hydrogen) atoms. The molecule has 6 heteroatoms. The molecule has 0 heterocycles. The Labute approximate surface area is 78.0 Å². The van der Waals surface area contributed by atoms with Gasteiger partial charge in [0.2, 0.25) is 0 Å². The molecule has 1 rings (SSSR count). The molecule has 0 spiro atoms. The van der Waals surface area contributed by atoms with Crippen LogP contribution in [-0.4, -0.2) is 23.6 Å². The van der Waals surface area contributed by atoms with Crippen LogP contribution in [0.1, 0.15) is 13.3 Å². The fraction of sp³-hybridized carbons (Fsp3) is 0.857. The van der Waals surface area contributed by atoms with Crippen molar-refractivity contribution in [3.8, 4) is 0 Å². The predicted octanol–water partition coefficient (Wildman–Crippen LogP) is 2.11. The standard InChI is InChI=1S/C7H8ClF3O2/c1-2-13-5(12)4-3-6(9,10)7(4,8)11/h4H,2-3H2,1H3. The van der Waals surface area contributed by atoms with E-state index in [1.807, 2.05) is 0 Å². The third-order valence-electron chi connectivity index (χ3n) is 1.96. The fourth-order valence-electron chi connectivity index (χ4n) is 1.12. The molecular weight excluding hydrogens is 209 g/mol. The zero-order chi connectivity index (χ0) is 10.3. The first-order valence-corrected chi connectivity index (χ1v) is 4.13. The Kier molecular flexibility index (Phi) is 2.49. The molecule has 2 nitrogen and oxygen atoms in total. The molecule has 0 bridgehead atoms. The summed E-state index contributed by atoms with van der Waals surface area (Å²) in [5.74, 6) is -6.19. The molecule has 2 atom stereocenters. The van der Waals surface area contributed by atoms with Crippen LogP contribution in [0.4, 0.5) is 13.2 Å². The van der Waals surface area contributed by atoms with Gasteiger partial charge in [-0.25, -0.2) is 13.2 Å². The van der Waals surface area contributed by atoms with E-state index in [2.05, 4.69) is 4.74 Å². The van der Waals surface area contributed by atoms with Gasteiger partial charge >= 0.3 is 5.97 Å². The molecule has 0 N–H and O–H groups in total. The van der Waals surface area contributed by atoms with Gasteiger partial charge in [-0.1, -0.05) is 11.6 Å². The summed E-state index contributed by atoms with van der Waals surface area (Å²) in [7, 11) is 0. The van der Waals surface area contributed by atoms with E-state index in [4.69, 9.17) is 11.6 Å². The molecule has 0 aromatic heterocycles. The van der Waals surface area contributed by atoms with Gasteiger partial charge in [-0.05, 0) is 6.92 Å². The number of halogens is 4. The van der Waals surface area contributed by atoms with E-state index in [0.717, 1.165) is 0 Å². The lowest BCUT2D eigenvalue weighted by molar-refractivity contribution is -0.219. The van der Waals surface area contributed by atoms with E-state index in [1.165, 1.54) is 6.92 Å². The summed E-state index contributed by atoms with van der Waals surface area (Å²) in [4.78, 5) is 10.8. The summed E-state index contributed by atoms with van der Waals surface area (Å²) in [6.45, 7) is 1.52. The van der Waals surface area contributed by atoms with Gasteiger partial charge in [0.05, 0.1) is 6.61 Å². The van der Waals surface area contributed by atoms with Crippen LogP contribution in [0.3, 0.4) is 0 Å². The Balaban J connectivity index is 2.63. The molecule has 76 valence electrons. The number of hydrogen-bond donors (Lipinski definition) is 0. The molecular formula is C7H8ClF3O2. The fourth-order valence-corrected chi connectivity index (χ4v) is 1.36. The summed E-state index contributed by atoms with van der Waals surface area (Å²) in [5.41, 5.74) is 0. The molecule has 0 radical (unpaired) electrons. The van der Waals surface area contributed by atoms with Crippen LogP contribution in [0.5, 0.6) is 0 Å². The molecule has 1 aliphatic carbocycles. The van der Waals surface area contributed by atoms with Crippen molar-refractivity contribution < 1.29 is 22.7 Å². The van der Waals surface area contributed by atoms with Crippen molar-refractivity contribution >= 4 is 17.6 Å². The molecule has 0 aromatic rings. The number of ether oxygens (including phenoxy) is 1. The molecule has 0 aliphatic heterocycles. The number of hydrogen-bond acceptors (Lipinski definition) is 2. The molecule has 1 saturated carbocycles. The lowest BCUT2D eigenvalue weighted by Gasteiger charge is -2.43. The maximum Gasteiger partial charge on any atom is 0.313 e. The van der Waals surface area contributed by atoms with Gasteiger partial charge in [0, 0.05) is 6.42 Å². The average molecular weight is 217 g/mol. The molecule has 1 fully saturated rings. The largest absolute Gasteiger partial charge is 0.466 e. The second-order valence-electron chi connectivity index (χ2n) is 2.84. The van der Waals surface area contributed by atoms with Crippen LogP contribution in [-0.2, 0) is 9.53 Å². The number of alkyl halides is 4. The molecule has 0 aromatic carbocycles. The monoisotopic (exact) mass is 216 g/mol. The smallest absolute Gasteiger partial charge is 0.313 e. The van der Waals surface area contributed by atoms with E-state index in [9.17, 15) is 18.0 Å². The summed E-state index contributed by atoms with van der Waals surface area (Å²) in [6, 6.07) is 0. The minimum Gasteiger partial charge on any atom is -0.466 e. The number of carbonyl (C=O) groups is 1. The van der Waals surface area contributed by atoms with Crippen molar-refractivity contribution in [2.75, 3.05) is 6.61 Å². The first-order chi connectivity index (χ1) is 5.83. The topological polar surface area (TPSA) is 26.3 Å². The predicted molar refractivity (Wildman–Crippen MR) is 39.4 cm³/mol. The lowest BCUT2D eigenvalue weighted by Crippen LogP contribution is -2.60. The maximum atomic E-state index is 12.9. The Morgan fingerprint density at radius 3 is 2.46 bits per heavy atom. The van der Waals surface area contributed by atoms with E-state index in [-0.39, 0.29) is 6.61 Å². The van der Waals surface area contributed by atoms with Gasteiger partial charge in [-0.2, -0.15) is 0 Å². The highest BCUT2D eigenvalue weighted by molar-refractivity contribution is 6.26. The van der Waals surface area contributed by atoms with Crippen LogP contribution in [0.15, 0.2) is 0 Å². The quantitative estimate of drug-likeness (QED) is 0.522. The van der Waals surface area contributed by atoms with Crippen LogP contribution in [0.2, 0.25) is 0 Å². The van der Waals surface area contributed by atoms with Gasteiger partial charge in [0.1, 0.15) is 5.92 Å². The van der Waals surface area contributed by atoms with Crippen LogP contribution in [0.25, 0.3) is 0 Å². The summed E-state index contributed by atoms with van der Waals surface area (Å²) in [6.07, 6.45) is -0.883. The Morgan fingerprint density at radius 2 is 2.15 bits per heavy atom. The average Bonchev–Trinajstić information content (AvgIpc) is 2.00. The molecule has 0 amide bonds. The van der Waals surface area contributed by atoms with Crippen molar-refractivity contribution in [2.45, 2.75) is 24.4 Å². The van der Waals surface area contributed by atoms with Crippen molar-refractivity contribution in [3.63, 3.8) is 0 Å². The van der Waals surface area contributed by atoms with Gasteiger partial charge in [0.15, 0.2) is 0 Å². The normalized spacial score (nSPS) is 36.5. The van der Waals surface area contributed by atoms with Crippen molar-refractivity contribution in [2.24, 2.45) is 5.92 Å². The van der Waals surface area contributed by atoms with Crippen LogP contribution < -0.4 is 0 Å². The maximum absolute atomic E-state index is 12.9. The van der Waals surface area contributed by atoms with Gasteiger partial charge < -0.3 is 4.74 Å². The second-order valence-corrected chi connectivity index (χ2v) is 3.39. The van der Waals surface area contributed by atoms with Gasteiger partial charge in [-0.15, -0.1) is 0 Å². The third kappa shape index (κ3) is 1.49. The van der Waals surface area contributed by atoms with E-state index < -0.39 is 29.4 Å². The molecule has 1 aliphatic rings. The van der Waals surface area contributed by atoms with Crippen LogP contribution >= 0.6 is 11.6 Å². The highest BCUT2D eigenvalue weighted by Crippen LogP contribution is 2.57. The van der Waals surface area contributed by atoms with Gasteiger partial charge in [0.25, 0.3) is 11.1 Å². The van der Waals surface area contributed by atoms with Crippen molar-refractivity contribution in [1.29, 1.82) is 0 Å². The minimum absolute atomic E-state index is 0.0217. The van der Waals surface area contributed by atoms with Crippen LogP contribution in [0, 0.1) is 5.92 Å². The van der Waals surface area contributed by atoms with E-state index in [0.29, 0.717) is 0 Å². The van der Waals surface area contributed by atoms with Gasteiger partial charge in [-0.3, -0.25) is 4.79 Å². The van der Waals surface area contributed by atoms with E-state index >= 15 is 0 Å². The third-order valence-corrected chi connectivity index (χ3v) is 2.50. The lowest BCUT2D eigenvalue weighted by atomic mass is 9.78. The Hall–Kier alpha value is -0.450. The number of carbonyl (C=O) groups excluding carboxylic acids is 1. The first-order valence-electron chi connectivity index (χ1n) is 3.75. The van der Waals surface area contributed by atoms with Crippen molar-refractivity contribution in [1.82, 2.24) is 0 Å². The Bertz CT molecular complexity index is 230. The Morgan fingerprint density at radius 1 is 1.62 bits per heavy atom. The second kappa shape index (κ2) is 3.04. The zero-order valence-corrected chi connectivity index (χ0v) is 7.58. The summed E-state index contributed by atoms with van der Waals surface area (Å²) < 4.78 is 42.2. The SMILES string of the molecule is CCOC(=O)C1CC(F)(F)C1(F)Cl. The van der Waals surface area contributed by atoms with E-state index in [1.54, 1.807) is 0 Å². The molecule has 0 saturated heterocycles. The van der Waals surface area contributed by atoms with Crippen molar-refractivity contribution in [3.05, 3.63) is 0 Å². The zero-order valence-electron chi connectivity index (χ0n) is 6.82.